The van der Waals surface area contributed by atoms with Crippen LogP contribution in [0.3, 0.4) is 0 Å². The first-order valence-electron chi connectivity index (χ1n) is 7.39. The Morgan fingerprint density at radius 1 is 1.42 bits per heavy atom. The molecular weight excluding hydrogens is 302 g/mol. The molecule has 1 N–H and O–H groups in total. The molecule has 1 fully saturated rings. The third-order valence-corrected chi connectivity index (χ3v) is 5.73. The molecule has 19 heavy (non-hydrogen) atoms. The van der Waals surface area contributed by atoms with Gasteiger partial charge in [-0.05, 0) is 47.7 Å². The quantitative estimate of drug-likeness (QED) is 0.895. The van der Waals surface area contributed by atoms with E-state index in [1.165, 1.54) is 35.8 Å². The number of nitrogens with one attached hydrogen (secondary N) is 1. The molecule has 0 aliphatic heterocycles. The Kier molecular flexibility index (Phi) is 4.72. The second-order valence-electron chi connectivity index (χ2n) is 6.15. The molecule has 1 atom stereocenters. The third-order valence-electron chi connectivity index (χ3n) is 4.70. The fourth-order valence-corrected chi connectivity index (χ4v) is 3.94. The SMILES string of the molecule is CCNC(Cc1c(Br)c(C)nn1C)C1(C)CCCC1. The van der Waals surface area contributed by atoms with Crippen molar-refractivity contribution in [2.45, 2.75) is 58.9 Å². The molecule has 0 saturated heterocycles. The van der Waals surface area contributed by atoms with Crippen LogP contribution in [0.1, 0.15) is 50.9 Å². The van der Waals surface area contributed by atoms with Gasteiger partial charge in [0.15, 0.2) is 0 Å². The van der Waals surface area contributed by atoms with Crippen LogP contribution in [-0.4, -0.2) is 22.4 Å². The highest BCUT2D eigenvalue weighted by molar-refractivity contribution is 9.10. The van der Waals surface area contributed by atoms with E-state index in [0.29, 0.717) is 11.5 Å². The average molecular weight is 328 g/mol. The summed E-state index contributed by atoms with van der Waals surface area (Å²) in [7, 11) is 2.05. The molecule has 0 radical (unpaired) electrons. The van der Waals surface area contributed by atoms with Crippen molar-refractivity contribution >= 4 is 15.9 Å². The summed E-state index contributed by atoms with van der Waals surface area (Å²) in [4.78, 5) is 0. The third kappa shape index (κ3) is 3.05. The van der Waals surface area contributed by atoms with Crippen molar-refractivity contribution in [3.8, 4) is 0 Å². The van der Waals surface area contributed by atoms with Gasteiger partial charge >= 0.3 is 0 Å². The van der Waals surface area contributed by atoms with Gasteiger partial charge in [0.25, 0.3) is 0 Å². The first kappa shape index (κ1) is 15.0. The van der Waals surface area contributed by atoms with Crippen molar-refractivity contribution in [3.63, 3.8) is 0 Å². The Morgan fingerprint density at radius 2 is 2.05 bits per heavy atom. The van der Waals surface area contributed by atoms with E-state index in [1.54, 1.807) is 0 Å². The molecule has 0 spiro atoms. The summed E-state index contributed by atoms with van der Waals surface area (Å²) >= 11 is 3.70. The topological polar surface area (TPSA) is 29.9 Å². The van der Waals surface area contributed by atoms with Crippen LogP contribution < -0.4 is 5.32 Å². The van der Waals surface area contributed by atoms with E-state index >= 15 is 0 Å². The minimum absolute atomic E-state index is 0.438. The summed E-state index contributed by atoms with van der Waals surface area (Å²) in [5.41, 5.74) is 2.84. The Bertz CT molecular complexity index is 433. The van der Waals surface area contributed by atoms with Gasteiger partial charge in [-0.15, -0.1) is 0 Å². The Hall–Kier alpha value is -0.350. The molecule has 1 saturated carbocycles. The van der Waals surface area contributed by atoms with Gasteiger partial charge in [0.2, 0.25) is 0 Å². The predicted octanol–water partition coefficient (Wildman–Crippen LogP) is 3.59. The molecule has 1 aromatic rings. The number of rotatable bonds is 5. The van der Waals surface area contributed by atoms with E-state index in [4.69, 9.17) is 0 Å². The van der Waals surface area contributed by atoms with Gasteiger partial charge in [-0.25, -0.2) is 0 Å². The maximum atomic E-state index is 4.52. The maximum absolute atomic E-state index is 4.52. The van der Waals surface area contributed by atoms with E-state index in [2.05, 4.69) is 47.1 Å². The number of aromatic nitrogens is 2. The van der Waals surface area contributed by atoms with Crippen LogP contribution in [0.2, 0.25) is 0 Å². The van der Waals surface area contributed by atoms with E-state index in [9.17, 15) is 0 Å². The van der Waals surface area contributed by atoms with Crippen LogP contribution in [0, 0.1) is 12.3 Å². The molecule has 1 aliphatic rings. The number of likely N-dealkylation sites (N-methyl/N-ethyl adjacent to an activating group) is 1. The molecule has 2 rings (SSSR count). The van der Waals surface area contributed by atoms with Crippen molar-refractivity contribution < 1.29 is 0 Å². The molecule has 1 unspecified atom stereocenters. The molecule has 1 heterocycles. The highest BCUT2D eigenvalue weighted by atomic mass is 79.9. The summed E-state index contributed by atoms with van der Waals surface area (Å²) < 4.78 is 3.21. The normalized spacial score (nSPS) is 19.8. The van der Waals surface area contributed by atoms with Crippen molar-refractivity contribution in [3.05, 3.63) is 15.9 Å². The van der Waals surface area contributed by atoms with Crippen LogP contribution in [0.15, 0.2) is 4.47 Å². The lowest BCUT2D eigenvalue weighted by Crippen LogP contribution is -2.44. The lowest BCUT2D eigenvalue weighted by atomic mass is 9.78. The van der Waals surface area contributed by atoms with E-state index in [-0.39, 0.29) is 0 Å². The van der Waals surface area contributed by atoms with Gasteiger partial charge in [0, 0.05) is 19.5 Å². The summed E-state index contributed by atoms with van der Waals surface area (Å²) in [6, 6.07) is 0.547. The zero-order valence-electron chi connectivity index (χ0n) is 12.6. The number of aryl methyl sites for hydroxylation is 2. The Labute approximate surface area is 125 Å². The lowest BCUT2D eigenvalue weighted by molar-refractivity contribution is 0.219. The van der Waals surface area contributed by atoms with E-state index < -0.39 is 0 Å². The molecule has 0 aromatic carbocycles. The van der Waals surface area contributed by atoms with Crippen molar-refractivity contribution in [2.24, 2.45) is 12.5 Å². The highest BCUT2D eigenvalue weighted by Crippen LogP contribution is 2.42. The largest absolute Gasteiger partial charge is 0.313 e. The molecule has 1 aromatic heterocycles. The fourth-order valence-electron chi connectivity index (χ4n) is 3.44. The maximum Gasteiger partial charge on any atom is 0.0738 e. The average Bonchev–Trinajstić information content (AvgIpc) is 2.89. The summed E-state index contributed by atoms with van der Waals surface area (Å²) in [5, 5.41) is 8.23. The van der Waals surface area contributed by atoms with Crippen LogP contribution in [0.25, 0.3) is 0 Å². The first-order chi connectivity index (χ1) is 8.98. The van der Waals surface area contributed by atoms with Crippen LogP contribution in [-0.2, 0) is 13.5 Å². The molecule has 4 heteroatoms. The molecule has 1 aliphatic carbocycles. The van der Waals surface area contributed by atoms with Crippen molar-refractivity contribution in [1.82, 2.24) is 15.1 Å². The Morgan fingerprint density at radius 3 is 2.53 bits per heavy atom. The first-order valence-corrected chi connectivity index (χ1v) is 8.18. The molecule has 0 amide bonds. The van der Waals surface area contributed by atoms with Gasteiger partial charge in [0.1, 0.15) is 0 Å². The molecule has 3 nitrogen and oxygen atoms in total. The molecule has 0 bridgehead atoms. The van der Waals surface area contributed by atoms with Gasteiger partial charge < -0.3 is 5.32 Å². The van der Waals surface area contributed by atoms with Crippen LogP contribution in [0.5, 0.6) is 0 Å². The van der Waals surface area contributed by atoms with Gasteiger partial charge in [-0.2, -0.15) is 5.10 Å². The summed E-state index contributed by atoms with van der Waals surface area (Å²) in [6.45, 7) is 7.75. The summed E-state index contributed by atoms with van der Waals surface area (Å²) in [5.74, 6) is 0. The zero-order valence-corrected chi connectivity index (χ0v) is 14.2. The fraction of sp³-hybridized carbons (Fsp3) is 0.800. The van der Waals surface area contributed by atoms with Gasteiger partial charge in [0.05, 0.1) is 15.9 Å². The minimum Gasteiger partial charge on any atom is -0.313 e. The second-order valence-corrected chi connectivity index (χ2v) is 6.94. The smallest absolute Gasteiger partial charge is 0.0738 e. The van der Waals surface area contributed by atoms with Gasteiger partial charge in [-0.1, -0.05) is 26.7 Å². The number of hydrogen-bond acceptors (Lipinski definition) is 2. The van der Waals surface area contributed by atoms with Crippen molar-refractivity contribution in [2.75, 3.05) is 6.54 Å². The lowest BCUT2D eigenvalue weighted by Gasteiger charge is -2.35. The second kappa shape index (κ2) is 5.96. The van der Waals surface area contributed by atoms with Crippen molar-refractivity contribution in [1.29, 1.82) is 0 Å². The molecular formula is C15H26BrN3. The van der Waals surface area contributed by atoms with Crippen LogP contribution in [0.4, 0.5) is 0 Å². The number of hydrogen-bond donors (Lipinski definition) is 1. The predicted molar refractivity (Wildman–Crippen MR) is 83.4 cm³/mol. The summed E-state index contributed by atoms with van der Waals surface area (Å²) in [6.07, 6.45) is 6.51. The Balaban J connectivity index is 2.21. The molecule has 108 valence electrons. The number of halogens is 1. The number of nitrogens with zero attached hydrogens (tertiary/aromatic N) is 2. The van der Waals surface area contributed by atoms with E-state index in [0.717, 1.165) is 18.7 Å². The zero-order chi connectivity index (χ0) is 14.0. The van der Waals surface area contributed by atoms with E-state index in [1.807, 2.05) is 11.7 Å². The van der Waals surface area contributed by atoms with Gasteiger partial charge in [-0.3, -0.25) is 4.68 Å². The highest BCUT2D eigenvalue weighted by Gasteiger charge is 2.37. The minimum atomic E-state index is 0.438. The standard InChI is InChI=1S/C15H26BrN3/c1-5-17-13(15(3)8-6-7-9-15)10-12-14(16)11(2)18-19(12)4/h13,17H,5-10H2,1-4H3. The van der Waals surface area contributed by atoms with Crippen LogP contribution >= 0.6 is 15.9 Å². The monoisotopic (exact) mass is 327 g/mol.